The number of carbonyl (C=O) groups excluding carboxylic acids is 1. The average Bonchev–Trinajstić information content (AvgIpc) is 2.97. The van der Waals surface area contributed by atoms with Crippen LogP contribution < -0.4 is 11.1 Å². The first-order chi connectivity index (χ1) is 7.15. The van der Waals surface area contributed by atoms with Crippen LogP contribution in [-0.4, -0.2) is 17.5 Å². The molecule has 2 rings (SSSR count). The van der Waals surface area contributed by atoms with Crippen molar-refractivity contribution >= 4 is 5.91 Å². The van der Waals surface area contributed by atoms with Gasteiger partial charge in [-0.05, 0) is 25.2 Å². The molecular formula is C12H22N2O. The van der Waals surface area contributed by atoms with Crippen molar-refractivity contribution in [2.24, 2.45) is 11.7 Å². The van der Waals surface area contributed by atoms with Gasteiger partial charge in [-0.25, -0.2) is 0 Å². The Balaban J connectivity index is 1.84. The van der Waals surface area contributed by atoms with Crippen LogP contribution in [0.15, 0.2) is 0 Å². The highest BCUT2D eigenvalue weighted by Crippen LogP contribution is 2.34. The number of rotatable bonds is 3. The molecule has 3 nitrogen and oxygen atoms in total. The number of hydrogen-bond donors (Lipinski definition) is 2. The smallest absolute Gasteiger partial charge is 0.240 e. The van der Waals surface area contributed by atoms with Gasteiger partial charge in [-0.3, -0.25) is 4.79 Å². The van der Waals surface area contributed by atoms with Crippen LogP contribution in [0.3, 0.4) is 0 Å². The second-order valence-corrected chi connectivity index (χ2v) is 5.20. The van der Waals surface area contributed by atoms with Crippen molar-refractivity contribution in [2.45, 2.75) is 63.5 Å². The van der Waals surface area contributed by atoms with Crippen LogP contribution >= 0.6 is 0 Å². The highest BCUT2D eigenvalue weighted by atomic mass is 16.2. The van der Waals surface area contributed by atoms with E-state index in [1.807, 2.05) is 0 Å². The molecule has 0 aromatic carbocycles. The van der Waals surface area contributed by atoms with Crippen molar-refractivity contribution in [1.29, 1.82) is 0 Å². The molecule has 86 valence electrons. The Morgan fingerprint density at radius 1 is 1.40 bits per heavy atom. The van der Waals surface area contributed by atoms with Gasteiger partial charge in [0.15, 0.2) is 0 Å². The molecule has 2 aliphatic rings. The Morgan fingerprint density at radius 2 is 2.07 bits per heavy atom. The maximum atomic E-state index is 12.0. The third kappa shape index (κ3) is 2.33. The van der Waals surface area contributed by atoms with E-state index in [0.717, 1.165) is 32.1 Å². The van der Waals surface area contributed by atoms with Crippen molar-refractivity contribution in [1.82, 2.24) is 5.32 Å². The molecule has 3 N–H and O–H groups in total. The highest BCUT2D eigenvalue weighted by Gasteiger charge is 2.42. The van der Waals surface area contributed by atoms with Crippen LogP contribution in [0.4, 0.5) is 0 Å². The number of nitrogens with one attached hydrogen (secondary N) is 1. The summed E-state index contributed by atoms with van der Waals surface area (Å²) in [6.07, 6.45) is 7.48. The van der Waals surface area contributed by atoms with E-state index < -0.39 is 5.54 Å². The van der Waals surface area contributed by atoms with Gasteiger partial charge in [0.05, 0.1) is 5.54 Å². The second kappa shape index (κ2) is 4.12. The molecule has 0 spiro atoms. The van der Waals surface area contributed by atoms with Crippen molar-refractivity contribution in [2.75, 3.05) is 0 Å². The summed E-state index contributed by atoms with van der Waals surface area (Å²) < 4.78 is 0. The van der Waals surface area contributed by atoms with Gasteiger partial charge in [0.25, 0.3) is 0 Å². The predicted octanol–water partition coefficient (Wildman–Crippen LogP) is 1.56. The predicted molar refractivity (Wildman–Crippen MR) is 60.3 cm³/mol. The molecule has 0 radical (unpaired) electrons. The molecule has 0 aromatic heterocycles. The molecule has 3 heteroatoms. The summed E-state index contributed by atoms with van der Waals surface area (Å²) in [4.78, 5) is 12.0. The molecule has 2 saturated carbocycles. The Labute approximate surface area is 91.8 Å². The van der Waals surface area contributed by atoms with E-state index in [-0.39, 0.29) is 5.91 Å². The number of hydrogen-bond acceptors (Lipinski definition) is 2. The lowest BCUT2D eigenvalue weighted by molar-refractivity contribution is -0.127. The fourth-order valence-corrected chi connectivity index (χ4v) is 2.60. The van der Waals surface area contributed by atoms with E-state index in [2.05, 4.69) is 12.2 Å². The van der Waals surface area contributed by atoms with Gasteiger partial charge in [-0.1, -0.05) is 32.6 Å². The third-order valence-corrected chi connectivity index (χ3v) is 3.96. The zero-order chi connectivity index (χ0) is 10.9. The summed E-state index contributed by atoms with van der Waals surface area (Å²) in [7, 11) is 0. The number of carbonyl (C=O) groups is 1. The monoisotopic (exact) mass is 210 g/mol. The van der Waals surface area contributed by atoms with Crippen LogP contribution in [0.5, 0.6) is 0 Å². The van der Waals surface area contributed by atoms with Crippen LogP contribution in [0, 0.1) is 5.92 Å². The molecule has 0 heterocycles. The summed E-state index contributed by atoms with van der Waals surface area (Å²) in [6, 6.07) is 0.421. The quantitative estimate of drug-likeness (QED) is 0.742. The number of amides is 1. The van der Waals surface area contributed by atoms with E-state index in [9.17, 15) is 4.79 Å². The van der Waals surface area contributed by atoms with E-state index in [0.29, 0.717) is 12.0 Å². The largest absolute Gasteiger partial charge is 0.351 e. The van der Waals surface area contributed by atoms with Crippen molar-refractivity contribution in [3.05, 3.63) is 0 Å². The van der Waals surface area contributed by atoms with Gasteiger partial charge in [0.1, 0.15) is 0 Å². The van der Waals surface area contributed by atoms with Gasteiger partial charge in [0.2, 0.25) is 5.91 Å². The molecule has 0 saturated heterocycles. The summed E-state index contributed by atoms with van der Waals surface area (Å²) in [5.41, 5.74) is 5.60. The van der Waals surface area contributed by atoms with Crippen LogP contribution in [0.25, 0.3) is 0 Å². The lowest BCUT2D eigenvalue weighted by atomic mass is 9.82. The first-order valence-electron chi connectivity index (χ1n) is 6.25. The molecule has 15 heavy (non-hydrogen) atoms. The standard InChI is InChI=1S/C12H22N2O/c1-2-9-8-10(9)14-11(15)12(13)6-4-3-5-7-12/h9-10H,2-8,13H2,1H3,(H,14,15). The molecule has 0 aromatic rings. The first kappa shape index (κ1) is 10.9. The fraction of sp³-hybridized carbons (Fsp3) is 0.917. The summed E-state index contributed by atoms with van der Waals surface area (Å²) in [5.74, 6) is 0.810. The molecule has 2 fully saturated rings. The van der Waals surface area contributed by atoms with E-state index in [1.54, 1.807) is 0 Å². The van der Waals surface area contributed by atoms with E-state index in [1.165, 1.54) is 12.8 Å². The van der Waals surface area contributed by atoms with Gasteiger partial charge >= 0.3 is 0 Å². The van der Waals surface area contributed by atoms with Crippen LogP contribution in [0.2, 0.25) is 0 Å². The Hall–Kier alpha value is -0.570. The van der Waals surface area contributed by atoms with Crippen molar-refractivity contribution in [3.8, 4) is 0 Å². The molecule has 2 aliphatic carbocycles. The minimum absolute atomic E-state index is 0.100. The van der Waals surface area contributed by atoms with Crippen LogP contribution in [-0.2, 0) is 4.79 Å². The molecule has 2 unspecified atom stereocenters. The average molecular weight is 210 g/mol. The molecule has 0 aliphatic heterocycles. The van der Waals surface area contributed by atoms with Crippen LogP contribution in [0.1, 0.15) is 51.9 Å². The molecule has 1 amide bonds. The molecule has 0 bridgehead atoms. The summed E-state index contributed by atoms with van der Waals surface area (Å²) in [6.45, 7) is 2.18. The summed E-state index contributed by atoms with van der Waals surface area (Å²) >= 11 is 0. The highest BCUT2D eigenvalue weighted by molar-refractivity contribution is 5.86. The zero-order valence-corrected chi connectivity index (χ0v) is 9.59. The molecule has 2 atom stereocenters. The van der Waals surface area contributed by atoms with Gasteiger partial charge < -0.3 is 11.1 Å². The zero-order valence-electron chi connectivity index (χ0n) is 9.59. The Bertz CT molecular complexity index is 246. The fourth-order valence-electron chi connectivity index (χ4n) is 2.60. The second-order valence-electron chi connectivity index (χ2n) is 5.20. The van der Waals surface area contributed by atoms with Crippen molar-refractivity contribution < 1.29 is 4.79 Å². The maximum Gasteiger partial charge on any atom is 0.240 e. The maximum absolute atomic E-state index is 12.0. The lowest BCUT2D eigenvalue weighted by Gasteiger charge is -2.31. The van der Waals surface area contributed by atoms with Gasteiger partial charge in [-0.2, -0.15) is 0 Å². The van der Waals surface area contributed by atoms with Gasteiger partial charge in [0, 0.05) is 6.04 Å². The lowest BCUT2D eigenvalue weighted by Crippen LogP contribution is -2.55. The SMILES string of the molecule is CCC1CC1NC(=O)C1(N)CCCCC1. The van der Waals surface area contributed by atoms with E-state index in [4.69, 9.17) is 5.73 Å². The molecular weight excluding hydrogens is 188 g/mol. The van der Waals surface area contributed by atoms with Crippen molar-refractivity contribution in [3.63, 3.8) is 0 Å². The minimum atomic E-state index is -0.556. The third-order valence-electron chi connectivity index (χ3n) is 3.96. The topological polar surface area (TPSA) is 55.1 Å². The minimum Gasteiger partial charge on any atom is -0.351 e. The first-order valence-corrected chi connectivity index (χ1v) is 6.25. The van der Waals surface area contributed by atoms with Gasteiger partial charge in [-0.15, -0.1) is 0 Å². The van der Waals surface area contributed by atoms with E-state index >= 15 is 0 Å². The Kier molecular flexibility index (Phi) is 3.01. The Morgan fingerprint density at radius 3 is 2.60 bits per heavy atom. The summed E-state index contributed by atoms with van der Waals surface area (Å²) in [5, 5.41) is 3.10. The number of nitrogens with two attached hydrogens (primary N) is 1. The normalized spacial score (nSPS) is 33.5.